The third kappa shape index (κ3) is 6.39. The van der Waals surface area contributed by atoms with E-state index in [-0.39, 0.29) is 36.2 Å². The van der Waals surface area contributed by atoms with Crippen LogP contribution in [0, 0.1) is 0 Å². The number of benzene rings is 1. The molecule has 1 saturated heterocycles. The van der Waals surface area contributed by atoms with Crippen molar-refractivity contribution in [1.82, 2.24) is 9.62 Å². The second kappa shape index (κ2) is 9.36. The molecule has 2 rings (SSSR count). The predicted molar refractivity (Wildman–Crippen MR) is 97.3 cm³/mol. The van der Waals surface area contributed by atoms with E-state index in [0.717, 1.165) is 5.56 Å². The van der Waals surface area contributed by atoms with Crippen molar-refractivity contribution in [2.24, 2.45) is 5.73 Å². The summed E-state index contributed by atoms with van der Waals surface area (Å²) in [6.45, 7) is 2.68. The highest BCUT2D eigenvalue weighted by molar-refractivity contribution is 7.88. The summed E-state index contributed by atoms with van der Waals surface area (Å²) in [5.74, 6) is -0.0409. The number of carbonyl (C=O) groups excluding carboxylic acids is 1. The molecule has 1 aromatic rings. The first kappa shape index (κ1) is 20.9. The van der Waals surface area contributed by atoms with Crippen LogP contribution in [0.5, 0.6) is 0 Å². The summed E-state index contributed by atoms with van der Waals surface area (Å²) >= 11 is 0. The number of amides is 1. The molecule has 1 aromatic carbocycles. The molecule has 1 fully saturated rings. The minimum Gasteiger partial charge on any atom is -0.353 e. The van der Waals surface area contributed by atoms with Crippen LogP contribution < -0.4 is 11.1 Å². The van der Waals surface area contributed by atoms with E-state index in [4.69, 9.17) is 5.73 Å². The topological polar surface area (TPSA) is 92.5 Å². The lowest BCUT2D eigenvalue weighted by Crippen LogP contribution is -2.47. The van der Waals surface area contributed by atoms with Gasteiger partial charge in [-0.3, -0.25) is 4.79 Å². The first-order valence-corrected chi connectivity index (χ1v) is 9.54. The van der Waals surface area contributed by atoms with E-state index in [1.807, 2.05) is 30.3 Å². The smallest absolute Gasteiger partial charge is 0.221 e. The van der Waals surface area contributed by atoms with Gasteiger partial charge < -0.3 is 11.1 Å². The molecule has 0 aliphatic carbocycles. The summed E-state index contributed by atoms with van der Waals surface area (Å²) in [5, 5.41) is 2.93. The third-order valence-corrected chi connectivity index (χ3v) is 5.76. The maximum Gasteiger partial charge on any atom is 0.221 e. The SMILES string of the molecule is CC(N)CC(=O)NC1CCN(S(=O)(=O)Cc2ccccc2)CC1.Cl. The Balaban J connectivity index is 0.00000288. The molecule has 136 valence electrons. The van der Waals surface area contributed by atoms with Crippen LogP contribution in [0.2, 0.25) is 0 Å². The molecule has 1 unspecified atom stereocenters. The van der Waals surface area contributed by atoms with Gasteiger partial charge in [-0.05, 0) is 25.3 Å². The number of nitrogens with zero attached hydrogens (tertiary/aromatic N) is 1. The van der Waals surface area contributed by atoms with Crippen molar-refractivity contribution in [3.05, 3.63) is 35.9 Å². The van der Waals surface area contributed by atoms with Gasteiger partial charge in [-0.15, -0.1) is 12.4 Å². The molecule has 6 nitrogen and oxygen atoms in total. The van der Waals surface area contributed by atoms with Crippen LogP contribution in [0.3, 0.4) is 0 Å². The van der Waals surface area contributed by atoms with E-state index in [2.05, 4.69) is 5.32 Å². The molecule has 0 saturated carbocycles. The Labute approximate surface area is 150 Å². The van der Waals surface area contributed by atoms with Gasteiger partial charge in [0.15, 0.2) is 0 Å². The number of carbonyl (C=O) groups is 1. The molecule has 3 N–H and O–H groups in total. The maximum absolute atomic E-state index is 12.5. The summed E-state index contributed by atoms with van der Waals surface area (Å²) in [6, 6.07) is 9.05. The van der Waals surface area contributed by atoms with Gasteiger partial charge in [-0.2, -0.15) is 0 Å². The van der Waals surface area contributed by atoms with Crippen LogP contribution >= 0.6 is 12.4 Å². The van der Waals surface area contributed by atoms with Gasteiger partial charge in [0.2, 0.25) is 15.9 Å². The molecule has 0 spiro atoms. The van der Waals surface area contributed by atoms with Crippen molar-refractivity contribution in [2.45, 2.75) is 44.0 Å². The number of piperidine rings is 1. The number of halogens is 1. The lowest BCUT2D eigenvalue weighted by atomic mass is 10.1. The molecule has 1 atom stereocenters. The highest BCUT2D eigenvalue weighted by Gasteiger charge is 2.28. The quantitative estimate of drug-likeness (QED) is 0.782. The molecule has 1 heterocycles. The number of sulfonamides is 1. The Hall–Kier alpha value is -1.15. The number of nitrogens with one attached hydrogen (secondary N) is 1. The van der Waals surface area contributed by atoms with Crippen LogP contribution in [0.4, 0.5) is 0 Å². The van der Waals surface area contributed by atoms with E-state index >= 15 is 0 Å². The van der Waals surface area contributed by atoms with Gasteiger partial charge in [0, 0.05) is 31.6 Å². The Morgan fingerprint density at radius 2 is 1.88 bits per heavy atom. The zero-order chi connectivity index (χ0) is 16.9. The third-order valence-electron chi connectivity index (χ3n) is 3.91. The van der Waals surface area contributed by atoms with Gasteiger partial charge in [0.25, 0.3) is 0 Å². The average Bonchev–Trinajstić information content (AvgIpc) is 2.47. The van der Waals surface area contributed by atoms with Crippen molar-refractivity contribution in [3.63, 3.8) is 0 Å². The Bertz CT molecular complexity index is 615. The fourth-order valence-electron chi connectivity index (χ4n) is 2.73. The Morgan fingerprint density at radius 3 is 2.42 bits per heavy atom. The maximum atomic E-state index is 12.5. The Morgan fingerprint density at radius 1 is 1.29 bits per heavy atom. The van der Waals surface area contributed by atoms with Crippen molar-refractivity contribution < 1.29 is 13.2 Å². The number of hydrogen-bond donors (Lipinski definition) is 2. The largest absolute Gasteiger partial charge is 0.353 e. The molecule has 0 radical (unpaired) electrons. The molecule has 0 aromatic heterocycles. The number of hydrogen-bond acceptors (Lipinski definition) is 4. The number of nitrogens with two attached hydrogens (primary N) is 1. The van der Waals surface area contributed by atoms with Gasteiger partial charge in [-0.1, -0.05) is 30.3 Å². The molecule has 1 aliphatic rings. The van der Waals surface area contributed by atoms with Gasteiger partial charge >= 0.3 is 0 Å². The van der Waals surface area contributed by atoms with E-state index in [9.17, 15) is 13.2 Å². The zero-order valence-electron chi connectivity index (χ0n) is 13.8. The van der Waals surface area contributed by atoms with Gasteiger partial charge in [-0.25, -0.2) is 12.7 Å². The van der Waals surface area contributed by atoms with Crippen LogP contribution in [0.25, 0.3) is 0 Å². The standard InChI is InChI=1S/C16H25N3O3S.ClH/c1-13(17)11-16(20)18-15-7-9-19(10-8-15)23(21,22)12-14-5-3-2-4-6-14;/h2-6,13,15H,7-12,17H2,1H3,(H,18,20);1H. The number of rotatable bonds is 6. The van der Waals surface area contributed by atoms with E-state index in [1.165, 1.54) is 4.31 Å². The van der Waals surface area contributed by atoms with E-state index in [0.29, 0.717) is 32.4 Å². The summed E-state index contributed by atoms with van der Waals surface area (Å²) in [4.78, 5) is 11.7. The second-order valence-electron chi connectivity index (χ2n) is 6.16. The van der Waals surface area contributed by atoms with Gasteiger partial charge in [0.1, 0.15) is 0 Å². The molecular formula is C16H26ClN3O3S. The zero-order valence-corrected chi connectivity index (χ0v) is 15.5. The monoisotopic (exact) mass is 375 g/mol. The summed E-state index contributed by atoms with van der Waals surface area (Å²) in [5.41, 5.74) is 6.39. The highest BCUT2D eigenvalue weighted by atomic mass is 35.5. The highest BCUT2D eigenvalue weighted by Crippen LogP contribution is 2.17. The summed E-state index contributed by atoms with van der Waals surface area (Å²) < 4.78 is 26.4. The van der Waals surface area contributed by atoms with E-state index in [1.54, 1.807) is 6.92 Å². The normalized spacial score (nSPS) is 17.8. The molecular weight excluding hydrogens is 350 g/mol. The first-order chi connectivity index (χ1) is 10.9. The van der Waals surface area contributed by atoms with Crippen LogP contribution in [-0.2, 0) is 20.6 Å². The van der Waals surface area contributed by atoms with Crippen molar-refractivity contribution >= 4 is 28.3 Å². The first-order valence-electron chi connectivity index (χ1n) is 7.93. The minimum atomic E-state index is -3.31. The molecule has 1 aliphatic heterocycles. The van der Waals surface area contributed by atoms with E-state index < -0.39 is 10.0 Å². The average molecular weight is 376 g/mol. The lowest BCUT2D eigenvalue weighted by Gasteiger charge is -2.31. The second-order valence-corrected chi connectivity index (χ2v) is 8.13. The Kier molecular flexibility index (Phi) is 8.15. The molecule has 0 bridgehead atoms. The fourth-order valence-corrected chi connectivity index (χ4v) is 4.30. The van der Waals surface area contributed by atoms with Crippen LogP contribution in [0.1, 0.15) is 31.7 Å². The summed E-state index contributed by atoms with van der Waals surface area (Å²) in [7, 11) is -3.31. The molecule has 8 heteroatoms. The van der Waals surface area contributed by atoms with Crippen molar-refractivity contribution in [2.75, 3.05) is 13.1 Å². The van der Waals surface area contributed by atoms with Crippen molar-refractivity contribution in [1.29, 1.82) is 0 Å². The molecule has 24 heavy (non-hydrogen) atoms. The predicted octanol–water partition coefficient (Wildman–Crippen LogP) is 1.26. The molecule has 1 amide bonds. The van der Waals surface area contributed by atoms with Gasteiger partial charge in [0.05, 0.1) is 5.75 Å². The van der Waals surface area contributed by atoms with Crippen molar-refractivity contribution in [3.8, 4) is 0 Å². The fraction of sp³-hybridized carbons (Fsp3) is 0.562. The van der Waals surface area contributed by atoms with Crippen LogP contribution in [0.15, 0.2) is 30.3 Å². The summed E-state index contributed by atoms with van der Waals surface area (Å²) in [6.07, 6.45) is 1.57. The lowest BCUT2D eigenvalue weighted by molar-refractivity contribution is -0.122. The minimum absolute atomic E-state index is 0. The van der Waals surface area contributed by atoms with Crippen LogP contribution in [-0.4, -0.2) is 43.8 Å².